The summed E-state index contributed by atoms with van der Waals surface area (Å²) in [4.78, 5) is 5.93. The van der Waals surface area contributed by atoms with Crippen LogP contribution in [0.3, 0.4) is 0 Å². The molecule has 4 fully saturated rings. The van der Waals surface area contributed by atoms with Crippen molar-refractivity contribution < 1.29 is 0 Å². The standard InChI is InChI=1S/C28H46N2/c1-2-5-9-13-17-29-21-25-19-24-15-11-7-3-6-10-14-18-30-23-28(22-29,16-12-8-4-1)26(25)20-27(24)30/h3,7,15,25-27H,1-2,4-6,8-14,16-23H2/b7-3-,24-15-/t25-,26-,27-,28-/m1/s1. The van der Waals surface area contributed by atoms with Gasteiger partial charge in [-0.15, -0.1) is 0 Å². The van der Waals surface area contributed by atoms with Gasteiger partial charge in [0.25, 0.3) is 0 Å². The van der Waals surface area contributed by atoms with E-state index in [2.05, 4.69) is 28.0 Å². The van der Waals surface area contributed by atoms with Crippen molar-refractivity contribution in [3.8, 4) is 0 Å². The third-order valence-electron chi connectivity index (χ3n) is 9.40. The summed E-state index contributed by atoms with van der Waals surface area (Å²) in [6, 6.07) is 0.777. The molecule has 3 saturated heterocycles. The first-order valence-electron chi connectivity index (χ1n) is 13.6. The Morgan fingerprint density at radius 1 is 0.800 bits per heavy atom. The average Bonchev–Trinajstić information content (AvgIpc) is 2.78. The van der Waals surface area contributed by atoms with Gasteiger partial charge in [0.1, 0.15) is 0 Å². The number of hydrogen-bond donors (Lipinski definition) is 0. The van der Waals surface area contributed by atoms with Crippen LogP contribution in [-0.4, -0.2) is 48.6 Å². The first kappa shape index (κ1) is 21.3. The van der Waals surface area contributed by atoms with Crippen molar-refractivity contribution in [3.63, 3.8) is 0 Å². The average molecular weight is 411 g/mol. The van der Waals surface area contributed by atoms with Crippen molar-refractivity contribution in [1.82, 2.24) is 9.80 Å². The Morgan fingerprint density at radius 2 is 1.60 bits per heavy atom. The van der Waals surface area contributed by atoms with Gasteiger partial charge in [-0.1, -0.05) is 68.7 Å². The molecule has 0 amide bonds. The molecule has 5 atom stereocenters. The van der Waals surface area contributed by atoms with Crippen LogP contribution in [0.4, 0.5) is 0 Å². The second kappa shape index (κ2) is 9.90. The maximum absolute atomic E-state index is 2.99. The Balaban J connectivity index is 1.42. The lowest BCUT2D eigenvalue weighted by atomic mass is 9.54. The summed E-state index contributed by atoms with van der Waals surface area (Å²) < 4.78 is 0. The molecular formula is C28H46N2. The SMILES string of the molecule is C1=C\CCCCN2C[C@]34CCCCCCCCCCN(C[C@H]5C/C(=C/C/1)[C@H]2C[C@H]53)C4. The van der Waals surface area contributed by atoms with Gasteiger partial charge in [0, 0.05) is 25.7 Å². The summed E-state index contributed by atoms with van der Waals surface area (Å²) in [7, 11) is 0. The van der Waals surface area contributed by atoms with Crippen LogP contribution in [-0.2, 0) is 0 Å². The molecule has 0 aromatic heterocycles. The Bertz CT molecular complexity index is 622. The molecule has 0 aromatic rings. The van der Waals surface area contributed by atoms with E-state index in [-0.39, 0.29) is 0 Å². The maximum atomic E-state index is 2.99. The van der Waals surface area contributed by atoms with E-state index in [4.69, 9.17) is 0 Å². The van der Waals surface area contributed by atoms with Gasteiger partial charge in [0.2, 0.25) is 0 Å². The number of piperidine rings is 2. The van der Waals surface area contributed by atoms with E-state index in [1.54, 1.807) is 0 Å². The molecule has 1 aliphatic carbocycles. The molecule has 0 radical (unpaired) electrons. The van der Waals surface area contributed by atoms with Crippen molar-refractivity contribution >= 4 is 0 Å². The predicted molar refractivity (Wildman–Crippen MR) is 128 cm³/mol. The zero-order chi connectivity index (χ0) is 20.2. The van der Waals surface area contributed by atoms with Gasteiger partial charge in [0.05, 0.1) is 0 Å². The smallest absolute Gasteiger partial charge is 0.0310 e. The highest BCUT2D eigenvalue weighted by Crippen LogP contribution is 2.55. The number of hydrogen-bond acceptors (Lipinski definition) is 2. The number of fused-ring (bicyclic) bond motifs is 1. The molecule has 168 valence electrons. The van der Waals surface area contributed by atoms with Crippen LogP contribution < -0.4 is 0 Å². The quantitative estimate of drug-likeness (QED) is 0.416. The van der Waals surface area contributed by atoms with E-state index < -0.39 is 0 Å². The normalized spacial score (nSPS) is 44.2. The zero-order valence-corrected chi connectivity index (χ0v) is 19.5. The summed E-state index contributed by atoms with van der Waals surface area (Å²) in [6.07, 6.45) is 28.9. The summed E-state index contributed by atoms with van der Waals surface area (Å²) in [5.41, 5.74) is 2.41. The first-order valence-corrected chi connectivity index (χ1v) is 13.6. The second-order valence-electron chi connectivity index (χ2n) is 11.5. The van der Waals surface area contributed by atoms with Crippen LogP contribution in [0.1, 0.15) is 96.3 Å². The van der Waals surface area contributed by atoms with Gasteiger partial charge in [-0.05, 0) is 81.7 Å². The third-order valence-corrected chi connectivity index (χ3v) is 9.40. The molecule has 4 heterocycles. The van der Waals surface area contributed by atoms with E-state index in [1.165, 1.54) is 129 Å². The van der Waals surface area contributed by atoms with Gasteiger partial charge in [-0.2, -0.15) is 0 Å². The molecule has 4 bridgehead atoms. The lowest BCUT2D eigenvalue weighted by Gasteiger charge is -2.62. The van der Waals surface area contributed by atoms with Crippen LogP contribution in [0.25, 0.3) is 0 Å². The monoisotopic (exact) mass is 410 g/mol. The second-order valence-corrected chi connectivity index (χ2v) is 11.5. The minimum atomic E-state index is 0.595. The van der Waals surface area contributed by atoms with Gasteiger partial charge >= 0.3 is 0 Å². The van der Waals surface area contributed by atoms with Crippen molar-refractivity contribution in [1.29, 1.82) is 0 Å². The van der Waals surface area contributed by atoms with Gasteiger partial charge in [0.15, 0.2) is 0 Å². The third kappa shape index (κ3) is 4.60. The molecule has 30 heavy (non-hydrogen) atoms. The van der Waals surface area contributed by atoms with Crippen LogP contribution in [0.5, 0.6) is 0 Å². The number of allylic oxidation sites excluding steroid dienone is 3. The minimum absolute atomic E-state index is 0.595. The molecule has 2 heteroatoms. The largest absolute Gasteiger partial charge is 0.302 e. The molecular weight excluding hydrogens is 364 g/mol. The molecule has 0 aromatic carbocycles. The Kier molecular flexibility index (Phi) is 7.02. The molecule has 5 rings (SSSR count). The Morgan fingerprint density at radius 3 is 2.50 bits per heavy atom. The molecule has 2 nitrogen and oxygen atoms in total. The fraction of sp³-hybridized carbons (Fsp3) is 0.857. The molecule has 1 unspecified atom stereocenters. The summed E-state index contributed by atoms with van der Waals surface area (Å²) >= 11 is 0. The van der Waals surface area contributed by atoms with Crippen LogP contribution >= 0.6 is 0 Å². The topological polar surface area (TPSA) is 6.48 Å². The minimum Gasteiger partial charge on any atom is -0.302 e. The van der Waals surface area contributed by atoms with Gasteiger partial charge in [-0.3, -0.25) is 4.90 Å². The Hall–Kier alpha value is -0.600. The fourth-order valence-electron chi connectivity index (χ4n) is 7.98. The predicted octanol–water partition coefficient (Wildman–Crippen LogP) is 6.58. The number of rotatable bonds is 0. The molecule has 5 aliphatic rings. The van der Waals surface area contributed by atoms with Crippen molar-refractivity contribution in [3.05, 3.63) is 23.8 Å². The lowest BCUT2D eigenvalue weighted by Crippen LogP contribution is -2.66. The van der Waals surface area contributed by atoms with Crippen molar-refractivity contribution in [2.45, 2.75) is 102 Å². The molecule has 1 saturated carbocycles. The van der Waals surface area contributed by atoms with E-state index in [0.29, 0.717) is 5.41 Å². The summed E-state index contributed by atoms with van der Waals surface area (Å²) in [5.74, 6) is 1.93. The highest BCUT2D eigenvalue weighted by molar-refractivity contribution is 5.23. The van der Waals surface area contributed by atoms with Crippen molar-refractivity contribution in [2.75, 3.05) is 32.7 Å². The van der Waals surface area contributed by atoms with E-state index in [9.17, 15) is 0 Å². The van der Waals surface area contributed by atoms with Crippen LogP contribution in [0.15, 0.2) is 23.8 Å². The summed E-state index contributed by atoms with van der Waals surface area (Å²) in [5, 5.41) is 0. The summed E-state index contributed by atoms with van der Waals surface area (Å²) in [6.45, 7) is 6.93. The zero-order valence-electron chi connectivity index (χ0n) is 19.5. The molecule has 1 spiro atoms. The maximum Gasteiger partial charge on any atom is 0.0310 e. The van der Waals surface area contributed by atoms with E-state index >= 15 is 0 Å². The number of nitrogens with zero attached hydrogens (tertiary/aromatic N) is 2. The van der Waals surface area contributed by atoms with Crippen molar-refractivity contribution in [2.24, 2.45) is 17.3 Å². The van der Waals surface area contributed by atoms with Crippen LogP contribution in [0.2, 0.25) is 0 Å². The molecule has 4 aliphatic heterocycles. The van der Waals surface area contributed by atoms with E-state index in [0.717, 1.165) is 17.9 Å². The van der Waals surface area contributed by atoms with Crippen LogP contribution in [0, 0.1) is 17.3 Å². The van der Waals surface area contributed by atoms with Gasteiger partial charge < -0.3 is 4.90 Å². The Labute approximate surface area is 186 Å². The van der Waals surface area contributed by atoms with Gasteiger partial charge in [-0.25, -0.2) is 0 Å². The fourth-order valence-corrected chi connectivity index (χ4v) is 7.98. The molecule has 0 N–H and O–H groups in total. The lowest BCUT2D eigenvalue weighted by molar-refractivity contribution is -0.109. The highest BCUT2D eigenvalue weighted by atomic mass is 15.2. The highest BCUT2D eigenvalue weighted by Gasteiger charge is 2.55. The first-order chi connectivity index (χ1) is 14.8. The van der Waals surface area contributed by atoms with E-state index in [1.807, 2.05) is 5.57 Å².